The Morgan fingerprint density at radius 2 is 2.19 bits per heavy atom. The summed E-state index contributed by atoms with van der Waals surface area (Å²) in [6, 6.07) is 0. The Morgan fingerprint density at radius 1 is 1.62 bits per heavy atom. The Labute approximate surface area is 95.0 Å². The van der Waals surface area contributed by atoms with E-state index in [1.807, 2.05) is 0 Å². The molecule has 0 aliphatic carbocycles. The molecule has 16 heavy (non-hydrogen) atoms. The lowest BCUT2D eigenvalue weighted by atomic mass is 10.3. The molecule has 0 radical (unpaired) electrons. The van der Waals surface area contributed by atoms with E-state index in [-0.39, 0.29) is 6.54 Å². The van der Waals surface area contributed by atoms with Crippen LogP contribution in [0.25, 0.3) is 0 Å². The summed E-state index contributed by atoms with van der Waals surface area (Å²) in [5, 5.41) is 11.9. The lowest BCUT2D eigenvalue weighted by Gasteiger charge is -2.21. The van der Waals surface area contributed by atoms with Crippen molar-refractivity contribution in [1.82, 2.24) is 10.4 Å². The van der Waals surface area contributed by atoms with E-state index in [2.05, 4.69) is 5.32 Å². The normalized spacial score (nSPS) is 16.6. The molecule has 0 aliphatic rings. The molecule has 0 aromatic carbocycles. The quantitative estimate of drug-likeness (QED) is 0.273. The molecule has 1 amide bonds. The Hall–Kier alpha value is -0.460. The average molecular weight is 253 g/mol. The van der Waals surface area contributed by atoms with E-state index < -0.39 is 19.1 Å². The summed E-state index contributed by atoms with van der Waals surface area (Å²) in [6.45, 7) is 1.47. The fraction of sp³-hybridized carbons (Fsp3) is 0.875. The van der Waals surface area contributed by atoms with E-state index >= 15 is 0 Å². The molecule has 7 nitrogen and oxygen atoms in total. The van der Waals surface area contributed by atoms with Crippen LogP contribution in [0, 0.1) is 0 Å². The Morgan fingerprint density at radius 3 is 2.56 bits per heavy atom. The number of hydrogen-bond donors (Lipinski definition) is 4. The second kappa shape index (κ2) is 6.98. The van der Waals surface area contributed by atoms with Crippen molar-refractivity contribution >= 4 is 13.3 Å². The third-order valence-corrected chi connectivity index (χ3v) is 3.71. The highest BCUT2D eigenvalue weighted by atomic mass is 31.2. The van der Waals surface area contributed by atoms with Crippen LogP contribution in [0.15, 0.2) is 0 Å². The topological polar surface area (TPSA) is 116 Å². The van der Waals surface area contributed by atoms with Gasteiger partial charge in [-0.05, 0) is 19.4 Å². The molecule has 0 aliphatic heterocycles. The Kier molecular flexibility index (Phi) is 6.78. The standard InChI is InChI=1S/C8H20N3O4P/c1-11(13)8(12)6-10-7(4-3-5-9)16(2,14)15/h7,10,13H,3-6,9H2,1-2H3,(H,14,15). The van der Waals surface area contributed by atoms with Crippen molar-refractivity contribution in [3.05, 3.63) is 0 Å². The van der Waals surface area contributed by atoms with Crippen LogP contribution < -0.4 is 11.1 Å². The number of hydroxylamine groups is 2. The van der Waals surface area contributed by atoms with Crippen molar-refractivity contribution in [3.63, 3.8) is 0 Å². The van der Waals surface area contributed by atoms with Crippen molar-refractivity contribution < 1.29 is 19.5 Å². The number of rotatable bonds is 7. The number of hydrogen-bond acceptors (Lipinski definition) is 5. The van der Waals surface area contributed by atoms with Gasteiger partial charge >= 0.3 is 0 Å². The van der Waals surface area contributed by atoms with Gasteiger partial charge in [0.05, 0.1) is 12.3 Å². The predicted octanol–water partition coefficient (Wildman–Crippen LogP) is -0.611. The van der Waals surface area contributed by atoms with Gasteiger partial charge in [-0.3, -0.25) is 19.9 Å². The molecular formula is C8H20N3O4P. The number of carbonyl (C=O) groups is 1. The maximum Gasteiger partial charge on any atom is 0.259 e. The van der Waals surface area contributed by atoms with Gasteiger partial charge in [-0.15, -0.1) is 0 Å². The molecule has 0 bridgehead atoms. The van der Waals surface area contributed by atoms with Crippen molar-refractivity contribution in [2.75, 3.05) is 26.8 Å². The summed E-state index contributed by atoms with van der Waals surface area (Å²) in [7, 11) is -2.11. The number of carbonyl (C=O) groups excluding carboxylic acids is 1. The first kappa shape index (κ1) is 15.5. The molecule has 0 spiro atoms. The molecule has 0 heterocycles. The Bertz CT molecular complexity index is 266. The van der Waals surface area contributed by atoms with Gasteiger partial charge in [0, 0.05) is 13.7 Å². The SMILES string of the molecule is CN(O)C(=O)CNC(CCCN)P(C)(=O)O. The first-order valence-corrected chi connectivity index (χ1v) is 7.15. The fourth-order valence-electron chi connectivity index (χ4n) is 1.14. The van der Waals surface area contributed by atoms with Crippen molar-refractivity contribution in [1.29, 1.82) is 0 Å². The molecule has 96 valence electrons. The highest BCUT2D eigenvalue weighted by Gasteiger charge is 2.25. The summed E-state index contributed by atoms with van der Waals surface area (Å²) in [5.74, 6) is -1.23. The zero-order chi connectivity index (χ0) is 12.8. The van der Waals surface area contributed by atoms with Crippen LogP contribution in [0.2, 0.25) is 0 Å². The van der Waals surface area contributed by atoms with Crippen LogP contribution in [0.3, 0.4) is 0 Å². The third-order valence-electron chi connectivity index (χ3n) is 2.11. The molecule has 0 saturated carbocycles. The largest absolute Gasteiger partial charge is 0.343 e. The Balaban J connectivity index is 4.23. The first-order valence-electron chi connectivity index (χ1n) is 4.98. The van der Waals surface area contributed by atoms with Crippen LogP contribution in [0.1, 0.15) is 12.8 Å². The molecule has 0 rings (SSSR count). The van der Waals surface area contributed by atoms with Crippen LogP contribution in [0.5, 0.6) is 0 Å². The number of nitrogens with one attached hydrogen (secondary N) is 1. The average Bonchev–Trinajstić information content (AvgIpc) is 2.15. The summed E-state index contributed by atoms with van der Waals surface area (Å²) >= 11 is 0. The van der Waals surface area contributed by atoms with Gasteiger partial charge in [-0.2, -0.15) is 0 Å². The summed E-state index contributed by atoms with van der Waals surface area (Å²) in [4.78, 5) is 20.5. The van der Waals surface area contributed by atoms with E-state index in [1.165, 1.54) is 13.7 Å². The summed E-state index contributed by atoms with van der Waals surface area (Å²) in [6.07, 6.45) is 1.02. The zero-order valence-electron chi connectivity index (χ0n) is 9.59. The molecule has 0 fully saturated rings. The van der Waals surface area contributed by atoms with Crippen LogP contribution in [0.4, 0.5) is 0 Å². The number of nitrogens with zero attached hydrogens (tertiary/aromatic N) is 1. The van der Waals surface area contributed by atoms with E-state index in [4.69, 9.17) is 10.9 Å². The molecule has 0 aromatic rings. The maximum atomic E-state index is 11.5. The van der Waals surface area contributed by atoms with Crippen LogP contribution >= 0.6 is 7.37 Å². The maximum absolute atomic E-state index is 11.5. The van der Waals surface area contributed by atoms with Gasteiger partial charge in [0.15, 0.2) is 0 Å². The summed E-state index contributed by atoms with van der Waals surface area (Å²) < 4.78 is 11.5. The van der Waals surface area contributed by atoms with Gasteiger partial charge < -0.3 is 10.6 Å². The fourth-order valence-corrected chi connectivity index (χ4v) is 2.23. The molecule has 5 N–H and O–H groups in total. The number of nitrogens with two attached hydrogens (primary N) is 1. The van der Waals surface area contributed by atoms with Gasteiger partial charge in [0.25, 0.3) is 5.91 Å². The van der Waals surface area contributed by atoms with Gasteiger partial charge in [-0.1, -0.05) is 0 Å². The molecule has 8 heteroatoms. The van der Waals surface area contributed by atoms with Crippen LogP contribution in [-0.2, 0) is 9.36 Å². The van der Waals surface area contributed by atoms with Gasteiger partial charge in [0.2, 0.25) is 7.37 Å². The zero-order valence-corrected chi connectivity index (χ0v) is 10.5. The van der Waals surface area contributed by atoms with Gasteiger partial charge in [-0.25, -0.2) is 5.06 Å². The minimum Gasteiger partial charge on any atom is -0.343 e. The third kappa shape index (κ3) is 6.19. The van der Waals surface area contributed by atoms with Crippen molar-refractivity contribution in [2.45, 2.75) is 18.6 Å². The first-order chi connectivity index (χ1) is 7.29. The van der Waals surface area contributed by atoms with E-state index in [1.54, 1.807) is 0 Å². The van der Waals surface area contributed by atoms with E-state index in [0.717, 1.165) is 0 Å². The highest BCUT2D eigenvalue weighted by Crippen LogP contribution is 2.42. The molecule has 2 atom stereocenters. The monoisotopic (exact) mass is 253 g/mol. The van der Waals surface area contributed by atoms with Crippen LogP contribution in [-0.4, -0.2) is 53.7 Å². The van der Waals surface area contributed by atoms with Gasteiger partial charge in [0.1, 0.15) is 0 Å². The van der Waals surface area contributed by atoms with Crippen molar-refractivity contribution in [3.8, 4) is 0 Å². The number of likely N-dealkylation sites (N-methyl/N-ethyl adjacent to an activating group) is 1. The molecule has 0 saturated heterocycles. The smallest absolute Gasteiger partial charge is 0.259 e. The minimum atomic E-state index is -3.31. The molecule has 0 aromatic heterocycles. The van der Waals surface area contributed by atoms with Crippen molar-refractivity contribution in [2.24, 2.45) is 5.73 Å². The lowest BCUT2D eigenvalue weighted by Crippen LogP contribution is -2.39. The number of amides is 1. The van der Waals surface area contributed by atoms with E-state index in [0.29, 0.717) is 24.4 Å². The predicted molar refractivity (Wildman–Crippen MR) is 60.4 cm³/mol. The molecular weight excluding hydrogens is 233 g/mol. The lowest BCUT2D eigenvalue weighted by molar-refractivity contribution is -0.158. The second-order valence-corrected chi connectivity index (χ2v) is 6.20. The second-order valence-electron chi connectivity index (χ2n) is 3.69. The highest BCUT2D eigenvalue weighted by molar-refractivity contribution is 7.57. The van der Waals surface area contributed by atoms with E-state index in [9.17, 15) is 14.3 Å². The molecule has 2 unspecified atom stereocenters. The minimum absolute atomic E-state index is 0.180. The summed E-state index contributed by atoms with van der Waals surface area (Å²) in [5.41, 5.74) is 5.31.